The first kappa shape index (κ1) is 30.0. The lowest BCUT2D eigenvalue weighted by molar-refractivity contribution is 0.0171. The number of piperidine rings is 1. The third-order valence-corrected chi connectivity index (χ3v) is 9.64. The monoisotopic (exact) mass is 599 g/mol. The minimum absolute atomic E-state index is 0.246. The summed E-state index contributed by atoms with van der Waals surface area (Å²) in [6.07, 6.45) is 1.58. The molecule has 9 nitrogen and oxygen atoms in total. The third kappa shape index (κ3) is 5.64. The van der Waals surface area contributed by atoms with Crippen LogP contribution >= 0.6 is 0 Å². The highest BCUT2D eigenvalue weighted by Gasteiger charge is 2.45. The number of likely N-dealkylation sites (tertiary alicyclic amines) is 1. The zero-order valence-electron chi connectivity index (χ0n) is 25.1. The van der Waals surface area contributed by atoms with Crippen LogP contribution < -0.4 is 0 Å². The van der Waals surface area contributed by atoms with E-state index < -0.39 is 45.3 Å². The molecule has 2 aliphatic heterocycles. The number of sulfonamides is 1. The molecule has 0 N–H and O–H groups in total. The molecule has 5 rings (SSSR count). The van der Waals surface area contributed by atoms with Crippen molar-refractivity contribution < 1.29 is 31.9 Å². The van der Waals surface area contributed by atoms with E-state index in [1.165, 1.54) is 16.7 Å². The van der Waals surface area contributed by atoms with Crippen LogP contribution in [0.1, 0.15) is 72.9 Å². The van der Waals surface area contributed by atoms with E-state index in [9.17, 15) is 22.4 Å². The van der Waals surface area contributed by atoms with Crippen molar-refractivity contribution in [1.29, 1.82) is 0 Å². The number of halogens is 1. The number of amides is 1. The summed E-state index contributed by atoms with van der Waals surface area (Å²) < 4.78 is 55.6. The molecule has 1 saturated heterocycles. The average Bonchev–Trinajstić information content (AvgIpc) is 3.34. The molecule has 0 saturated carbocycles. The van der Waals surface area contributed by atoms with Gasteiger partial charge in [-0.25, -0.2) is 22.4 Å². The van der Waals surface area contributed by atoms with E-state index in [1.807, 2.05) is 33.8 Å². The van der Waals surface area contributed by atoms with Crippen molar-refractivity contribution in [1.82, 2.24) is 13.8 Å². The van der Waals surface area contributed by atoms with Crippen molar-refractivity contribution in [2.45, 2.75) is 89.5 Å². The average molecular weight is 600 g/mol. The van der Waals surface area contributed by atoms with Crippen LogP contribution in [0.2, 0.25) is 0 Å². The molecule has 0 radical (unpaired) electrons. The first-order chi connectivity index (χ1) is 19.5. The number of rotatable bonds is 2. The van der Waals surface area contributed by atoms with Crippen molar-refractivity contribution >= 4 is 33.1 Å². The maximum Gasteiger partial charge on any atom is 0.419 e. The Balaban J connectivity index is 1.45. The van der Waals surface area contributed by atoms with Gasteiger partial charge in [-0.3, -0.25) is 4.57 Å². The van der Waals surface area contributed by atoms with Gasteiger partial charge in [-0.1, -0.05) is 6.07 Å². The van der Waals surface area contributed by atoms with E-state index in [1.54, 1.807) is 54.4 Å². The summed E-state index contributed by atoms with van der Waals surface area (Å²) in [5, 5.41) is 0.641. The molecule has 3 heterocycles. The van der Waals surface area contributed by atoms with Crippen LogP contribution in [0.4, 0.5) is 14.0 Å². The van der Waals surface area contributed by atoms with Crippen LogP contribution in [0, 0.1) is 5.82 Å². The molecule has 42 heavy (non-hydrogen) atoms. The maximum atomic E-state index is 14.2. The Hall–Kier alpha value is -3.44. The Kier molecular flexibility index (Phi) is 7.42. The van der Waals surface area contributed by atoms with Crippen LogP contribution in [0.15, 0.2) is 47.5 Å². The highest BCUT2D eigenvalue weighted by atomic mass is 32.2. The summed E-state index contributed by atoms with van der Waals surface area (Å²) in [6, 6.07) is 8.69. The Morgan fingerprint density at radius 3 is 2.14 bits per heavy atom. The smallest absolute Gasteiger partial charge is 0.419 e. The fourth-order valence-electron chi connectivity index (χ4n) is 5.77. The molecular formula is C31H38FN3O6S. The van der Waals surface area contributed by atoms with Crippen LogP contribution in [0.3, 0.4) is 0 Å². The quantitative estimate of drug-likeness (QED) is 0.325. The molecule has 3 aromatic rings. The number of ether oxygens (including phenoxy) is 2. The molecule has 1 fully saturated rings. The number of aromatic nitrogens is 1. The standard InChI is InChI=1S/C31H38FN3O6S/c1-19-24-16-20(25-18-34(29(37)41-31(5,6)7)26-17-21(32)9-10-23(25)26)8-11-27(24)42(38,39)35(19)22-12-14-33(15-13-22)28(36)40-30(2,3)4/h8-11,16-19,22H,12-15H2,1-7H3. The van der Waals surface area contributed by atoms with E-state index in [0.29, 0.717) is 53.5 Å². The lowest BCUT2D eigenvalue weighted by Crippen LogP contribution is -2.48. The van der Waals surface area contributed by atoms with E-state index in [-0.39, 0.29) is 10.9 Å². The molecule has 0 bridgehead atoms. The fourth-order valence-corrected chi connectivity index (χ4v) is 7.90. The number of fused-ring (bicyclic) bond motifs is 2. The van der Waals surface area contributed by atoms with Gasteiger partial charge < -0.3 is 14.4 Å². The molecule has 11 heteroatoms. The second-order valence-corrected chi connectivity index (χ2v) is 14.8. The fraction of sp³-hybridized carbons (Fsp3) is 0.484. The van der Waals surface area contributed by atoms with Gasteiger partial charge in [0.2, 0.25) is 10.0 Å². The van der Waals surface area contributed by atoms with Crippen molar-refractivity contribution in [3.05, 3.63) is 54.0 Å². The highest BCUT2D eigenvalue weighted by Crippen LogP contribution is 2.45. The minimum Gasteiger partial charge on any atom is -0.444 e. The number of hydrogen-bond donors (Lipinski definition) is 0. The Labute approximate surface area is 246 Å². The predicted octanol–water partition coefficient (Wildman–Crippen LogP) is 6.70. The van der Waals surface area contributed by atoms with E-state index in [4.69, 9.17) is 9.47 Å². The van der Waals surface area contributed by atoms with Gasteiger partial charge in [0.25, 0.3) is 0 Å². The normalized spacial score (nSPS) is 19.6. The number of benzene rings is 2. The summed E-state index contributed by atoms with van der Waals surface area (Å²) >= 11 is 0. The first-order valence-corrected chi connectivity index (χ1v) is 15.6. The molecule has 1 aromatic heterocycles. The van der Waals surface area contributed by atoms with Gasteiger partial charge in [-0.2, -0.15) is 4.31 Å². The van der Waals surface area contributed by atoms with Gasteiger partial charge in [-0.15, -0.1) is 0 Å². The summed E-state index contributed by atoms with van der Waals surface area (Å²) in [5.74, 6) is -0.487. The molecule has 1 unspecified atom stereocenters. The maximum absolute atomic E-state index is 14.2. The van der Waals surface area contributed by atoms with Gasteiger partial charge in [0.15, 0.2) is 0 Å². The number of hydrogen-bond acceptors (Lipinski definition) is 6. The van der Waals surface area contributed by atoms with Crippen molar-refractivity contribution in [2.75, 3.05) is 13.1 Å². The Morgan fingerprint density at radius 2 is 1.52 bits per heavy atom. The number of nitrogens with zero attached hydrogens (tertiary/aromatic N) is 3. The summed E-state index contributed by atoms with van der Waals surface area (Å²) in [4.78, 5) is 27.4. The molecule has 0 aliphatic carbocycles. The minimum atomic E-state index is -3.77. The van der Waals surface area contributed by atoms with Gasteiger partial charge in [0.05, 0.1) is 10.4 Å². The van der Waals surface area contributed by atoms with E-state index in [0.717, 1.165) is 0 Å². The van der Waals surface area contributed by atoms with Gasteiger partial charge in [0.1, 0.15) is 17.0 Å². The van der Waals surface area contributed by atoms with Crippen LogP contribution in [-0.2, 0) is 19.5 Å². The van der Waals surface area contributed by atoms with Crippen LogP contribution in [0.5, 0.6) is 0 Å². The first-order valence-electron chi connectivity index (χ1n) is 14.2. The van der Waals surface area contributed by atoms with Crippen molar-refractivity contribution in [3.63, 3.8) is 0 Å². The molecule has 2 aliphatic rings. The van der Waals surface area contributed by atoms with Gasteiger partial charge >= 0.3 is 12.2 Å². The zero-order chi connectivity index (χ0) is 30.8. The van der Waals surface area contributed by atoms with E-state index >= 15 is 0 Å². The molecular weight excluding hydrogens is 561 g/mol. The molecule has 2 aromatic carbocycles. The largest absolute Gasteiger partial charge is 0.444 e. The summed E-state index contributed by atoms with van der Waals surface area (Å²) in [6.45, 7) is 13.4. The SMILES string of the molecule is CC1c2cc(-c3cn(C(=O)OC(C)(C)C)c4cc(F)ccc34)ccc2S(=O)(=O)N1C1CCN(C(=O)OC(C)(C)C)CC1. The lowest BCUT2D eigenvalue weighted by Gasteiger charge is -2.38. The van der Waals surface area contributed by atoms with Crippen molar-refractivity contribution in [3.8, 4) is 11.1 Å². The molecule has 1 amide bonds. The summed E-state index contributed by atoms with van der Waals surface area (Å²) in [7, 11) is -3.77. The third-order valence-electron chi connectivity index (χ3n) is 7.54. The molecule has 0 spiro atoms. The lowest BCUT2D eigenvalue weighted by atomic mass is 9.98. The Bertz CT molecular complexity index is 1660. The molecule has 226 valence electrons. The summed E-state index contributed by atoms with van der Waals surface area (Å²) in [5.41, 5.74) is 1.03. The predicted molar refractivity (Wildman–Crippen MR) is 157 cm³/mol. The second-order valence-electron chi connectivity index (χ2n) is 13.0. The Morgan fingerprint density at radius 1 is 0.905 bits per heavy atom. The molecule has 1 atom stereocenters. The second kappa shape index (κ2) is 10.4. The van der Waals surface area contributed by atoms with Crippen molar-refractivity contribution in [2.24, 2.45) is 0 Å². The van der Waals surface area contributed by atoms with Gasteiger partial charge in [-0.05, 0) is 103 Å². The van der Waals surface area contributed by atoms with Gasteiger partial charge in [0, 0.05) is 42.3 Å². The van der Waals surface area contributed by atoms with E-state index in [2.05, 4.69) is 0 Å². The zero-order valence-corrected chi connectivity index (χ0v) is 25.9. The number of carbonyl (C=O) groups excluding carboxylic acids is 2. The number of carbonyl (C=O) groups is 2. The van der Waals surface area contributed by atoms with Crippen LogP contribution in [-0.4, -0.2) is 64.7 Å². The topological polar surface area (TPSA) is 98.1 Å². The highest BCUT2D eigenvalue weighted by molar-refractivity contribution is 7.89. The van der Waals surface area contributed by atoms with Crippen LogP contribution in [0.25, 0.3) is 22.0 Å².